The van der Waals surface area contributed by atoms with E-state index in [9.17, 15) is 0 Å². The molecule has 0 amide bonds. The number of hydrogen-bond acceptors (Lipinski definition) is 1. The molecule has 0 aromatic heterocycles. The van der Waals surface area contributed by atoms with Crippen molar-refractivity contribution in [3.05, 3.63) is 0 Å². The molecular weight excluding hydrogens is 85.0 g/mol. The molecule has 0 saturated heterocycles. The summed E-state index contributed by atoms with van der Waals surface area (Å²) in [5, 5.41) is 13.9. The molecule has 5 heteroatoms. The van der Waals surface area contributed by atoms with E-state index in [-0.39, 0.29) is 18.5 Å². The Hall–Kier alpha value is -0.601. The summed E-state index contributed by atoms with van der Waals surface area (Å²) in [6.45, 7) is 0. The summed E-state index contributed by atoms with van der Waals surface area (Å²) in [5.41, 5.74) is 0. The number of hydrogen-bond donors (Lipinski definition) is 2. The zero-order valence-corrected chi connectivity index (χ0v) is 3.01. The van der Waals surface area contributed by atoms with E-state index >= 15 is 0 Å². The Labute approximate surface area is 40.9 Å². The van der Waals surface area contributed by atoms with Gasteiger partial charge in [0.2, 0.25) is 0 Å². The Morgan fingerprint density at radius 2 is 1.50 bits per heavy atom. The van der Waals surface area contributed by atoms with E-state index < -0.39 is 6.16 Å². The quantitative estimate of drug-likeness (QED) is 0.384. The first-order chi connectivity index (χ1) is 1.73. The van der Waals surface area contributed by atoms with Crippen LogP contribution in [-0.2, 0) is 0 Å². The van der Waals surface area contributed by atoms with Crippen LogP contribution < -0.4 is 0 Å². The zero-order valence-electron chi connectivity index (χ0n) is 5.01. The van der Waals surface area contributed by atoms with Gasteiger partial charge in [-0.2, -0.15) is 0 Å². The molecule has 0 radical (unpaired) electrons. The number of rotatable bonds is 0. The minimum absolute atomic E-state index is 0. The van der Waals surface area contributed by atoms with Crippen molar-refractivity contribution in [3.63, 3.8) is 0 Å². The summed E-state index contributed by atoms with van der Waals surface area (Å²) in [4.78, 5) is 8.56. The van der Waals surface area contributed by atoms with Crippen molar-refractivity contribution in [2.24, 2.45) is 0 Å². The van der Waals surface area contributed by atoms with Crippen LogP contribution in [0.2, 0.25) is 0 Å². The Bertz CT molecular complexity index is 37.0. The van der Waals surface area contributed by atoms with Crippen LogP contribution in [0.4, 0.5) is 4.79 Å². The second-order valence-corrected chi connectivity index (χ2v) is 0.283. The second-order valence-electron chi connectivity index (χ2n) is 0.283. The van der Waals surface area contributed by atoms with E-state index in [2.05, 4.69) is 0 Å². The molecular formula is CH6BeO4. The van der Waals surface area contributed by atoms with Crippen LogP contribution >= 0.6 is 0 Å². The van der Waals surface area contributed by atoms with Crippen LogP contribution in [0.25, 0.3) is 0 Å². The maximum atomic E-state index is 8.56. The predicted octanol–water partition coefficient (Wildman–Crippen LogP) is -0.758. The first kappa shape index (κ1) is 18.2. The van der Waals surface area contributed by atoms with Gasteiger partial charge in [0, 0.05) is 0 Å². The summed E-state index contributed by atoms with van der Waals surface area (Å²) in [7, 11) is 0. The first-order valence-corrected chi connectivity index (χ1v) is 0.651. The van der Waals surface area contributed by atoms with E-state index in [1.165, 1.54) is 0 Å². The Morgan fingerprint density at radius 3 is 1.50 bits per heavy atom. The normalized spacial score (nSPS) is 4.00. The summed E-state index contributed by atoms with van der Waals surface area (Å²) < 4.78 is 0. The van der Waals surface area contributed by atoms with Gasteiger partial charge < -0.3 is 18.5 Å². The molecule has 4 nitrogen and oxygen atoms in total. The number of carboxylic acid groups (broad SMARTS) is 2. The van der Waals surface area contributed by atoms with Gasteiger partial charge in [-0.3, -0.25) is 0 Å². The third kappa shape index (κ3) is 54.1. The fourth-order valence-corrected chi connectivity index (χ4v) is 0. The van der Waals surface area contributed by atoms with Crippen LogP contribution in [-0.4, -0.2) is 32.0 Å². The molecule has 0 unspecified atom stereocenters. The molecule has 0 spiro atoms. The minimum atomic E-state index is -1.83. The molecule has 0 rings (SSSR count). The summed E-state index contributed by atoms with van der Waals surface area (Å²) in [6.07, 6.45) is -1.83. The summed E-state index contributed by atoms with van der Waals surface area (Å²) in [6, 6.07) is 0. The average molecular weight is 91.1 g/mol. The Balaban J connectivity index is -0.00000000750. The molecule has 0 aromatic carbocycles. The van der Waals surface area contributed by atoms with E-state index in [1.54, 1.807) is 0 Å². The molecule has 6 heavy (non-hydrogen) atoms. The van der Waals surface area contributed by atoms with E-state index in [1.807, 2.05) is 0 Å². The van der Waals surface area contributed by atoms with Crippen molar-refractivity contribution < 1.29 is 23.3 Å². The van der Waals surface area contributed by atoms with Gasteiger partial charge >= 0.3 is 16.3 Å². The van der Waals surface area contributed by atoms with Gasteiger partial charge in [-0.1, -0.05) is 0 Å². The van der Waals surface area contributed by atoms with Crippen LogP contribution in [0, 0.1) is 0 Å². The second kappa shape index (κ2) is 8.83. The molecule has 36 valence electrons. The maximum absolute atomic E-state index is 8.56. The SMILES string of the molecule is O.O=C(O)O.[Be+2].[H-].[H-]. The minimum Gasteiger partial charge on any atom is -1.00 e. The molecule has 0 bridgehead atoms. The molecule has 0 aliphatic rings. The van der Waals surface area contributed by atoms with Gasteiger partial charge in [0.25, 0.3) is 0 Å². The molecule has 4 N–H and O–H groups in total. The maximum Gasteiger partial charge on any atom is 2.00 e. The Morgan fingerprint density at radius 1 is 1.50 bits per heavy atom. The molecule has 0 saturated carbocycles. The van der Waals surface area contributed by atoms with E-state index in [4.69, 9.17) is 15.0 Å². The molecule has 0 aromatic rings. The van der Waals surface area contributed by atoms with Crippen molar-refractivity contribution >= 4 is 16.3 Å². The van der Waals surface area contributed by atoms with Crippen LogP contribution in [0.15, 0.2) is 0 Å². The third-order valence-electron chi connectivity index (χ3n) is 0. The van der Waals surface area contributed by atoms with Crippen molar-refractivity contribution in [2.75, 3.05) is 0 Å². The summed E-state index contributed by atoms with van der Waals surface area (Å²) in [5.74, 6) is 0. The monoisotopic (exact) mass is 91.0 g/mol. The van der Waals surface area contributed by atoms with Gasteiger partial charge in [0.15, 0.2) is 0 Å². The fraction of sp³-hybridized carbons (Fsp3) is 0. The molecule has 0 heterocycles. The van der Waals surface area contributed by atoms with Crippen LogP contribution in [0.5, 0.6) is 0 Å². The van der Waals surface area contributed by atoms with Crippen molar-refractivity contribution in [3.8, 4) is 0 Å². The number of carbonyl (C=O) groups is 1. The van der Waals surface area contributed by atoms with E-state index in [0.717, 1.165) is 0 Å². The fourth-order valence-electron chi connectivity index (χ4n) is 0. The summed E-state index contributed by atoms with van der Waals surface area (Å²) >= 11 is 0. The predicted molar refractivity (Wildman–Crippen MR) is 22.2 cm³/mol. The largest absolute Gasteiger partial charge is 2.00 e. The zero-order chi connectivity index (χ0) is 3.58. The van der Waals surface area contributed by atoms with Crippen molar-refractivity contribution in [2.45, 2.75) is 0 Å². The molecule has 0 aliphatic carbocycles. The Kier molecular flexibility index (Phi) is 26.7. The van der Waals surface area contributed by atoms with Gasteiger partial charge in [-0.05, 0) is 0 Å². The van der Waals surface area contributed by atoms with Gasteiger partial charge in [0.05, 0.1) is 0 Å². The molecule has 0 atom stereocenters. The van der Waals surface area contributed by atoms with Gasteiger partial charge in [0.1, 0.15) is 0 Å². The molecule has 0 fully saturated rings. The third-order valence-corrected chi connectivity index (χ3v) is 0. The van der Waals surface area contributed by atoms with Crippen LogP contribution in [0.3, 0.4) is 0 Å². The molecule has 0 aliphatic heterocycles. The van der Waals surface area contributed by atoms with E-state index in [0.29, 0.717) is 0 Å². The average Bonchev–Trinajstić information content (AvgIpc) is 0.811. The van der Waals surface area contributed by atoms with Gasteiger partial charge in [-0.15, -0.1) is 0 Å². The van der Waals surface area contributed by atoms with Crippen molar-refractivity contribution in [1.29, 1.82) is 0 Å². The van der Waals surface area contributed by atoms with Gasteiger partial charge in [-0.25, -0.2) is 4.79 Å². The topological polar surface area (TPSA) is 89.0 Å². The smallest absolute Gasteiger partial charge is 1.00 e. The van der Waals surface area contributed by atoms with Crippen molar-refractivity contribution in [1.82, 2.24) is 0 Å². The van der Waals surface area contributed by atoms with Crippen LogP contribution in [0.1, 0.15) is 2.85 Å². The first-order valence-electron chi connectivity index (χ1n) is 0.651. The standard InChI is InChI=1S/CH2O3.Be.H2O.2H/c2-1(3)4;;;;/h(H2,2,3,4);;1H2;;/q;+2;;2*-1.